The minimum atomic E-state index is -0.720. The van der Waals surface area contributed by atoms with Crippen LogP contribution in [0.3, 0.4) is 0 Å². The topological polar surface area (TPSA) is 106 Å². The molecule has 1 heterocycles. The lowest BCUT2D eigenvalue weighted by Crippen LogP contribution is -2.39. The summed E-state index contributed by atoms with van der Waals surface area (Å²) in [6, 6.07) is 6.56. The highest BCUT2D eigenvalue weighted by molar-refractivity contribution is 5.97. The highest BCUT2D eigenvalue weighted by Gasteiger charge is 2.16. The van der Waals surface area contributed by atoms with Crippen molar-refractivity contribution in [1.82, 2.24) is 15.2 Å². The van der Waals surface area contributed by atoms with Crippen molar-refractivity contribution in [1.29, 1.82) is 0 Å². The van der Waals surface area contributed by atoms with Gasteiger partial charge in [0.2, 0.25) is 5.91 Å². The predicted octanol–water partition coefficient (Wildman–Crippen LogP) is 0.692. The normalized spacial score (nSPS) is 12.2. The first-order chi connectivity index (χ1) is 9.61. The summed E-state index contributed by atoms with van der Waals surface area (Å²) in [6.45, 7) is 1.97. The Hall–Kier alpha value is -2.25. The lowest BCUT2D eigenvalue weighted by atomic mass is 10.1. The molecule has 7 nitrogen and oxygen atoms in total. The van der Waals surface area contributed by atoms with Gasteiger partial charge in [0.15, 0.2) is 5.82 Å². The van der Waals surface area contributed by atoms with E-state index in [0.717, 1.165) is 5.56 Å². The molecule has 0 aliphatic heterocycles. The first-order valence-corrected chi connectivity index (χ1v) is 6.15. The summed E-state index contributed by atoms with van der Waals surface area (Å²) in [5.41, 5.74) is 7.04. The van der Waals surface area contributed by atoms with Crippen LogP contribution < -0.4 is 11.1 Å². The number of nitrogens with zero attached hydrogens (tertiary/aromatic N) is 2. The maximum atomic E-state index is 11.9. The Kier molecular flexibility index (Phi) is 4.44. The largest absolute Gasteiger partial charge is 0.383 e. The highest BCUT2D eigenvalue weighted by Crippen LogP contribution is 2.24. The molecule has 1 unspecified atom stereocenters. The molecule has 0 saturated heterocycles. The number of hydrogen-bond donors (Lipinski definition) is 3. The molecule has 0 aliphatic rings. The third kappa shape index (κ3) is 3.19. The van der Waals surface area contributed by atoms with E-state index in [-0.39, 0.29) is 12.5 Å². The number of hydrogen-bond acceptors (Lipinski definition) is 5. The van der Waals surface area contributed by atoms with E-state index in [1.54, 1.807) is 6.07 Å². The van der Waals surface area contributed by atoms with Crippen LogP contribution in [0.4, 0.5) is 5.69 Å². The van der Waals surface area contributed by atoms with Crippen LogP contribution in [0.15, 0.2) is 24.3 Å². The van der Waals surface area contributed by atoms with Crippen molar-refractivity contribution in [3.05, 3.63) is 30.1 Å². The number of H-pyrrole nitrogens is 1. The van der Waals surface area contributed by atoms with Gasteiger partial charge in [-0.3, -0.25) is 9.89 Å². The molecule has 2 aromatic rings. The first-order valence-electron chi connectivity index (χ1n) is 6.15. The fourth-order valence-corrected chi connectivity index (χ4v) is 1.73. The lowest BCUT2D eigenvalue weighted by molar-refractivity contribution is -0.118. The number of rotatable bonds is 5. The third-order valence-electron chi connectivity index (χ3n) is 2.71. The molecule has 0 spiro atoms. The number of ether oxygens (including phenoxy) is 1. The van der Waals surface area contributed by atoms with Gasteiger partial charge in [-0.15, -0.1) is 0 Å². The van der Waals surface area contributed by atoms with Gasteiger partial charge in [0.25, 0.3) is 0 Å². The number of para-hydroxylation sites is 1. The summed E-state index contributed by atoms with van der Waals surface area (Å²) in [7, 11) is 1.50. The molecule has 4 N–H and O–H groups in total. The second-order valence-corrected chi connectivity index (χ2v) is 4.34. The minimum Gasteiger partial charge on any atom is -0.383 e. The molecule has 0 fully saturated rings. The molecule has 1 aromatic carbocycles. The first kappa shape index (κ1) is 14.2. The van der Waals surface area contributed by atoms with Crippen LogP contribution in [0.25, 0.3) is 11.4 Å². The Labute approximate surface area is 116 Å². The van der Waals surface area contributed by atoms with E-state index in [0.29, 0.717) is 17.3 Å². The fraction of sp³-hybridized carbons (Fsp3) is 0.308. The molecule has 2 rings (SSSR count). The van der Waals surface area contributed by atoms with Gasteiger partial charge >= 0.3 is 0 Å². The van der Waals surface area contributed by atoms with Gasteiger partial charge < -0.3 is 15.8 Å². The smallest absolute Gasteiger partial charge is 0.243 e. The van der Waals surface area contributed by atoms with Crippen LogP contribution in [0, 0.1) is 6.92 Å². The van der Waals surface area contributed by atoms with E-state index in [4.69, 9.17) is 10.5 Å². The SMILES string of the molecule is COCC(N)C(=O)Nc1ccccc1-c1n[nH]c(C)n1. The molecule has 0 radical (unpaired) electrons. The second-order valence-electron chi connectivity index (χ2n) is 4.34. The average molecular weight is 275 g/mol. The zero-order valence-corrected chi connectivity index (χ0v) is 11.4. The summed E-state index contributed by atoms with van der Waals surface area (Å²) >= 11 is 0. The van der Waals surface area contributed by atoms with Gasteiger partial charge in [-0.1, -0.05) is 12.1 Å². The van der Waals surface area contributed by atoms with Gasteiger partial charge in [-0.25, -0.2) is 4.98 Å². The number of anilines is 1. The lowest BCUT2D eigenvalue weighted by Gasteiger charge is -2.13. The van der Waals surface area contributed by atoms with Crippen LogP contribution >= 0.6 is 0 Å². The van der Waals surface area contributed by atoms with E-state index in [9.17, 15) is 4.79 Å². The number of carbonyl (C=O) groups is 1. The summed E-state index contributed by atoms with van der Waals surface area (Å²) in [5, 5.41) is 9.63. The number of aryl methyl sites for hydroxylation is 1. The minimum absolute atomic E-state index is 0.160. The summed E-state index contributed by atoms with van der Waals surface area (Å²) in [4.78, 5) is 16.2. The van der Waals surface area contributed by atoms with Crippen molar-refractivity contribution in [3.63, 3.8) is 0 Å². The zero-order chi connectivity index (χ0) is 14.5. The van der Waals surface area contributed by atoms with E-state index in [1.807, 2.05) is 25.1 Å². The number of amides is 1. The van der Waals surface area contributed by atoms with Gasteiger partial charge in [-0.2, -0.15) is 5.10 Å². The Morgan fingerprint density at radius 1 is 1.50 bits per heavy atom. The monoisotopic (exact) mass is 275 g/mol. The van der Waals surface area contributed by atoms with Gasteiger partial charge in [0.1, 0.15) is 11.9 Å². The van der Waals surface area contributed by atoms with Crippen LogP contribution in [-0.2, 0) is 9.53 Å². The van der Waals surface area contributed by atoms with Crippen LogP contribution in [0.2, 0.25) is 0 Å². The number of methoxy groups -OCH3 is 1. The molecule has 7 heteroatoms. The van der Waals surface area contributed by atoms with E-state index in [1.165, 1.54) is 7.11 Å². The molecule has 0 aliphatic carbocycles. The number of aromatic nitrogens is 3. The Balaban J connectivity index is 2.22. The zero-order valence-electron chi connectivity index (χ0n) is 11.4. The van der Waals surface area contributed by atoms with Gasteiger partial charge in [0, 0.05) is 12.7 Å². The van der Waals surface area contributed by atoms with E-state index in [2.05, 4.69) is 20.5 Å². The van der Waals surface area contributed by atoms with Gasteiger partial charge in [-0.05, 0) is 19.1 Å². The highest BCUT2D eigenvalue weighted by atomic mass is 16.5. The number of carbonyl (C=O) groups excluding carboxylic acids is 1. The quantitative estimate of drug-likeness (QED) is 0.744. The molecule has 106 valence electrons. The Morgan fingerprint density at radius 2 is 2.25 bits per heavy atom. The number of nitrogens with two attached hydrogens (primary N) is 1. The van der Waals surface area contributed by atoms with Crippen LogP contribution in [0.5, 0.6) is 0 Å². The maximum absolute atomic E-state index is 11.9. The van der Waals surface area contributed by atoms with E-state index < -0.39 is 6.04 Å². The van der Waals surface area contributed by atoms with Crippen molar-refractivity contribution in [3.8, 4) is 11.4 Å². The van der Waals surface area contributed by atoms with Gasteiger partial charge in [0.05, 0.1) is 12.3 Å². The molecule has 1 amide bonds. The number of benzene rings is 1. The van der Waals surface area contributed by atoms with Crippen molar-refractivity contribution in [2.75, 3.05) is 19.0 Å². The molecule has 20 heavy (non-hydrogen) atoms. The van der Waals surface area contributed by atoms with Crippen molar-refractivity contribution < 1.29 is 9.53 Å². The molecule has 0 saturated carbocycles. The second kappa shape index (κ2) is 6.27. The summed E-state index contributed by atoms with van der Waals surface area (Å²) < 4.78 is 4.87. The molecule has 1 aromatic heterocycles. The average Bonchev–Trinajstić information content (AvgIpc) is 2.86. The van der Waals surface area contributed by atoms with E-state index >= 15 is 0 Å². The third-order valence-corrected chi connectivity index (χ3v) is 2.71. The molecular formula is C13H17N5O2. The fourth-order valence-electron chi connectivity index (χ4n) is 1.73. The maximum Gasteiger partial charge on any atom is 0.243 e. The number of aromatic amines is 1. The molecular weight excluding hydrogens is 258 g/mol. The number of nitrogens with one attached hydrogen (secondary N) is 2. The van der Waals surface area contributed by atoms with Crippen LogP contribution in [-0.4, -0.2) is 40.8 Å². The van der Waals surface area contributed by atoms with Crippen LogP contribution in [0.1, 0.15) is 5.82 Å². The summed E-state index contributed by atoms with van der Waals surface area (Å²) in [6.07, 6.45) is 0. The summed E-state index contributed by atoms with van der Waals surface area (Å²) in [5.74, 6) is 0.919. The van der Waals surface area contributed by atoms with Crippen molar-refractivity contribution in [2.45, 2.75) is 13.0 Å². The molecule has 0 bridgehead atoms. The Bertz CT molecular complexity index is 596. The van der Waals surface area contributed by atoms with Crippen molar-refractivity contribution >= 4 is 11.6 Å². The standard InChI is InChI=1S/C13H17N5O2/c1-8-15-12(18-17-8)9-5-3-4-6-11(9)16-13(19)10(14)7-20-2/h3-6,10H,7,14H2,1-2H3,(H,16,19)(H,15,17,18). The Morgan fingerprint density at radius 3 is 2.90 bits per heavy atom. The molecule has 1 atom stereocenters. The predicted molar refractivity (Wildman–Crippen MR) is 75.0 cm³/mol. The van der Waals surface area contributed by atoms with Crippen molar-refractivity contribution in [2.24, 2.45) is 5.73 Å².